The number of rotatable bonds is 8. The van der Waals surface area contributed by atoms with E-state index in [1.807, 2.05) is 6.92 Å². The second-order valence-corrected chi connectivity index (χ2v) is 8.53. The van der Waals surface area contributed by atoms with Gasteiger partial charge >= 0.3 is 0 Å². The van der Waals surface area contributed by atoms with Crippen molar-refractivity contribution >= 4 is 23.0 Å². The molecule has 0 saturated carbocycles. The zero-order valence-corrected chi connectivity index (χ0v) is 18.5. The number of benzene rings is 1. The molecule has 8 heteroatoms. The average Bonchev–Trinajstić information content (AvgIpc) is 3.47. The van der Waals surface area contributed by atoms with Crippen LogP contribution in [-0.4, -0.2) is 33.3 Å². The number of amides is 1. The minimum absolute atomic E-state index is 0.0352. The molecule has 0 aliphatic carbocycles. The van der Waals surface area contributed by atoms with Crippen molar-refractivity contribution in [3.05, 3.63) is 93.6 Å². The first kappa shape index (κ1) is 21.6. The van der Waals surface area contributed by atoms with E-state index in [4.69, 9.17) is 9.15 Å². The van der Waals surface area contributed by atoms with Crippen LogP contribution >= 0.6 is 11.3 Å². The lowest BCUT2D eigenvalue weighted by atomic mass is 9.95. The van der Waals surface area contributed by atoms with Gasteiger partial charge in [0.1, 0.15) is 18.1 Å². The molecular formula is C24H22N2O5S. The molecule has 0 saturated heterocycles. The summed E-state index contributed by atoms with van der Waals surface area (Å²) in [5.41, 5.74) is 1.27. The smallest absolute Gasteiger partial charge is 0.290 e. The van der Waals surface area contributed by atoms with Gasteiger partial charge in [0.05, 0.1) is 40.0 Å². The molecule has 0 spiro atoms. The predicted octanol–water partition coefficient (Wildman–Crippen LogP) is 4.70. The first-order chi connectivity index (χ1) is 15.4. The molecule has 7 nitrogen and oxygen atoms in total. The molecular weight excluding hydrogens is 428 g/mol. The van der Waals surface area contributed by atoms with Crippen molar-refractivity contribution in [1.82, 2.24) is 9.88 Å². The lowest BCUT2D eigenvalue weighted by molar-refractivity contribution is -0.130. The maximum absolute atomic E-state index is 13.5. The third-order valence-corrected chi connectivity index (χ3v) is 6.20. The second-order valence-electron chi connectivity index (χ2n) is 7.32. The number of carbonyl (C=O) groups excluding carboxylic acids is 2. The molecule has 0 radical (unpaired) electrons. The van der Waals surface area contributed by atoms with E-state index < -0.39 is 23.5 Å². The van der Waals surface area contributed by atoms with E-state index in [1.165, 1.54) is 22.5 Å². The van der Waals surface area contributed by atoms with Gasteiger partial charge in [-0.25, -0.2) is 4.98 Å². The number of nitrogens with zero attached hydrogens (tertiary/aromatic N) is 2. The number of hydrogen-bond acceptors (Lipinski definition) is 7. The molecule has 3 aromatic rings. The van der Waals surface area contributed by atoms with Gasteiger partial charge in [0, 0.05) is 0 Å². The normalized spacial score (nSPS) is 16.0. The summed E-state index contributed by atoms with van der Waals surface area (Å²) < 4.78 is 11.0. The molecule has 1 N–H and O–H groups in total. The fraction of sp³-hybridized carbons (Fsp3) is 0.208. The van der Waals surface area contributed by atoms with Crippen LogP contribution in [0.25, 0.3) is 0 Å². The maximum atomic E-state index is 13.5. The Kier molecular flexibility index (Phi) is 5.96. The number of thiazole rings is 1. The summed E-state index contributed by atoms with van der Waals surface area (Å²) in [5, 5.41) is 11.5. The van der Waals surface area contributed by atoms with Crippen molar-refractivity contribution in [3.8, 4) is 5.75 Å². The molecule has 0 fully saturated rings. The van der Waals surface area contributed by atoms with Crippen LogP contribution in [0.5, 0.6) is 5.75 Å². The van der Waals surface area contributed by atoms with E-state index in [9.17, 15) is 14.7 Å². The number of aromatic nitrogens is 1. The number of aliphatic hydroxyl groups excluding tert-OH is 1. The van der Waals surface area contributed by atoms with Crippen LogP contribution in [0.1, 0.15) is 37.7 Å². The summed E-state index contributed by atoms with van der Waals surface area (Å²) in [7, 11) is 0. The fourth-order valence-corrected chi connectivity index (χ4v) is 4.61. The Labute approximate surface area is 189 Å². The van der Waals surface area contributed by atoms with Gasteiger partial charge in [-0.15, -0.1) is 11.3 Å². The molecule has 4 rings (SSSR count). The largest absolute Gasteiger partial charge is 0.503 e. The quantitative estimate of drug-likeness (QED) is 0.395. The Morgan fingerprint density at radius 3 is 2.66 bits per heavy atom. The van der Waals surface area contributed by atoms with Crippen molar-refractivity contribution in [2.45, 2.75) is 26.4 Å². The third kappa shape index (κ3) is 3.97. The van der Waals surface area contributed by atoms with Crippen LogP contribution in [0.4, 0.5) is 0 Å². The highest BCUT2D eigenvalue weighted by atomic mass is 32.1. The van der Waals surface area contributed by atoms with Crippen molar-refractivity contribution < 1.29 is 23.8 Å². The highest BCUT2D eigenvalue weighted by molar-refractivity contribution is 7.14. The first-order valence-corrected chi connectivity index (χ1v) is 10.8. The fourth-order valence-electron chi connectivity index (χ4n) is 3.73. The van der Waals surface area contributed by atoms with E-state index in [2.05, 4.69) is 11.6 Å². The topological polar surface area (TPSA) is 92.9 Å². The third-order valence-electron chi connectivity index (χ3n) is 5.13. The van der Waals surface area contributed by atoms with Gasteiger partial charge in [-0.3, -0.25) is 9.59 Å². The zero-order chi connectivity index (χ0) is 22.8. The Morgan fingerprint density at radius 2 is 2.06 bits per heavy atom. The summed E-state index contributed by atoms with van der Waals surface area (Å²) >= 11 is 1.24. The van der Waals surface area contributed by atoms with Gasteiger partial charge in [-0.05, 0) is 43.7 Å². The number of furan rings is 1. The van der Waals surface area contributed by atoms with Crippen molar-refractivity contribution in [2.75, 3.05) is 6.61 Å². The van der Waals surface area contributed by atoms with Crippen molar-refractivity contribution in [2.24, 2.45) is 0 Å². The van der Waals surface area contributed by atoms with E-state index in [-0.39, 0.29) is 12.1 Å². The molecule has 1 aliphatic rings. The van der Waals surface area contributed by atoms with Gasteiger partial charge in [0.15, 0.2) is 5.76 Å². The SMILES string of the molecule is C=CCOc1ccc(C2C(C(=O)c3sc(C)nc3C)=C(O)C(=O)N2Cc2ccco2)cc1. The molecule has 0 bridgehead atoms. The number of aliphatic hydroxyl groups is 1. The van der Waals surface area contributed by atoms with Gasteiger partial charge in [0.25, 0.3) is 5.91 Å². The number of hydrogen-bond donors (Lipinski definition) is 1. The predicted molar refractivity (Wildman–Crippen MR) is 120 cm³/mol. The number of Topliss-reactive ketones (excluding diaryl/α,β-unsaturated/α-hetero) is 1. The highest BCUT2D eigenvalue weighted by Crippen LogP contribution is 2.41. The second kappa shape index (κ2) is 8.84. The van der Waals surface area contributed by atoms with Crippen LogP contribution < -0.4 is 4.74 Å². The van der Waals surface area contributed by atoms with E-state index in [1.54, 1.807) is 49.4 Å². The maximum Gasteiger partial charge on any atom is 0.290 e. The minimum atomic E-state index is -0.782. The van der Waals surface area contributed by atoms with Gasteiger partial charge in [0.2, 0.25) is 5.78 Å². The molecule has 1 unspecified atom stereocenters. The molecule has 1 aromatic carbocycles. The van der Waals surface area contributed by atoms with E-state index in [0.717, 1.165) is 5.01 Å². The molecule has 2 aromatic heterocycles. The van der Waals surface area contributed by atoms with Crippen LogP contribution in [0.2, 0.25) is 0 Å². The van der Waals surface area contributed by atoms with E-state index >= 15 is 0 Å². The summed E-state index contributed by atoms with van der Waals surface area (Å²) in [5.74, 6) is -0.409. The Balaban J connectivity index is 1.76. The lowest BCUT2D eigenvalue weighted by Crippen LogP contribution is -2.30. The Morgan fingerprint density at radius 1 is 1.31 bits per heavy atom. The van der Waals surface area contributed by atoms with Gasteiger partial charge in [-0.2, -0.15) is 0 Å². The molecule has 164 valence electrons. The summed E-state index contributed by atoms with van der Waals surface area (Å²) in [6.45, 7) is 7.65. The Bertz CT molecular complexity index is 1190. The van der Waals surface area contributed by atoms with Gasteiger partial charge in [-0.1, -0.05) is 24.8 Å². The van der Waals surface area contributed by atoms with Crippen LogP contribution in [0.3, 0.4) is 0 Å². The van der Waals surface area contributed by atoms with Gasteiger partial charge < -0.3 is 19.2 Å². The first-order valence-electron chi connectivity index (χ1n) is 9.99. The molecule has 1 aliphatic heterocycles. The van der Waals surface area contributed by atoms with Crippen molar-refractivity contribution in [3.63, 3.8) is 0 Å². The number of aryl methyl sites for hydroxylation is 2. The highest BCUT2D eigenvalue weighted by Gasteiger charge is 2.44. The van der Waals surface area contributed by atoms with Crippen LogP contribution in [0.15, 0.2) is 71.1 Å². The molecule has 3 heterocycles. The number of carbonyl (C=O) groups is 2. The Hall–Kier alpha value is -3.65. The van der Waals surface area contributed by atoms with Crippen molar-refractivity contribution in [1.29, 1.82) is 0 Å². The monoisotopic (exact) mass is 450 g/mol. The molecule has 32 heavy (non-hydrogen) atoms. The minimum Gasteiger partial charge on any atom is -0.503 e. The molecule has 1 amide bonds. The number of ketones is 1. The van der Waals surface area contributed by atoms with E-state index in [0.29, 0.717) is 34.3 Å². The standard InChI is InChI=1S/C24H22N2O5S/c1-4-11-30-17-9-7-16(8-10-17)20-19(21(27)23-14(2)25-15(3)32-23)22(28)24(29)26(20)13-18-6-5-12-31-18/h4-10,12,20,28H,1,11,13H2,2-3H3. The van der Waals surface area contributed by atoms with Crippen LogP contribution in [-0.2, 0) is 11.3 Å². The number of ether oxygens (including phenoxy) is 1. The lowest BCUT2D eigenvalue weighted by Gasteiger charge is -2.26. The summed E-state index contributed by atoms with van der Waals surface area (Å²) in [6.07, 6.45) is 3.16. The zero-order valence-electron chi connectivity index (χ0n) is 17.7. The summed E-state index contributed by atoms with van der Waals surface area (Å²) in [4.78, 5) is 32.7. The summed E-state index contributed by atoms with van der Waals surface area (Å²) in [6, 6.07) is 9.76. The average molecular weight is 451 g/mol. The molecule has 1 atom stereocenters. The van der Waals surface area contributed by atoms with Crippen LogP contribution in [0, 0.1) is 13.8 Å².